The maximum atomic E-state index is 12.8. The van der Waals surface area contributed by atoms with Crippen LogP contribution in [0.2, 0.25) is 5.02 Å². The number of thioether (sulfide) groups is 1. The van der Waals surface area contributed by atoms with Crippen LogP contribution in [0.1, 0.15) is 30.5 Å². The Morgan fingerprint density at radius 1 is 1.07 bits per heavy atom. The average molecular weight is 432 g/mol. The Kier molecular flexibility index (Phi) is 6.87. The lowest BCUT2D eigenvalue weighted by molar-refractivity contribution is -0.123. The monoisotopic (exact) mass is 431 g/mol. The van der Waals surface area contributed by atoms with Crippen molar-refractivity contribution < 1.29 is 19.1 Å². The molecule has 5 nitrogen and oxygen atoms in total. The molecule has 152 valence electrons. The molecule has 0 radical (unpaired) electrons. The molecule has 0 spiro atoms. The predicted molar refractivity (Wildman–Crippen MR) is 116 cm³/mol. The molecule has 29 heavy (non-hydrogen) atoms. The summed E-state index contributed by atoms with van der Waals surface area (Å²) in [6.45, 7) is 6.88. The maximum absolute atomic E-state index is 12.8. The van der Waals surface area contributed by atoms with Crippen molar-refractivity contribution in [2.75, 3.05) is 13.2 Å². The topological polar surface area (TPSA) is 55.8 Å². The molecule has 0 N–H and O–H groups in total. The van der Waals surface area contributed by atoms with Crippen molar-refractivity contribution in [2.24, 2.45) is 0 Å². The number of ether oxygens (including phenoxy) is 2. The molecule has 3 rings (SSSR count). The predicted octanol–water partition coefficient (Wildman–Crippen LogP) is 5.68. The van der Waals surface area contributed by atoms with Gasteiger partial charge in [0, 0.05) is 0 Å². The first-order valence-electron chi connectivity index (χ1n) is 9.33. The van der Waals surface area contributed by atoms with Crippen LogP contribution in [0.3, 0.4) is 0 Å². The summed E-state index contributed by atoms with van der Waals surface area (Å²) in [7, 11) is 0. The second-order valence-corrected chi connectivity index (χ2v) is 7.85. The van der Waals surface area contributed by atoms with Crippen molar-refractivity contribution in [2.45, 2.75) is 27.3 Å². The molecule has 0 aliphatic carbocycles. The highest BCUT2D eigenvalue weighted by Crippen LogP contribution is 2.39. The third-order valence-electron chi connectivity index (χ3n) is 4.25. The number of carbonyl (C=O) groups is 2. The number of hydrogen-bond donors (Lipinski definition) is 0. The average Bonchev–Trinajstić information content (AvgIpc) is 2.94. The van der Waals surface area contributed by atoms with Crippen molar-refractivity contribution in [3.05, 3.63) is 63.0 Å². The van der Waals surface area contributed by atoms with Crippen LogP contribution < -0.4 is 9.47 Å². The summed E-state index contributed by atoms with van der Waals surface area (Å²) in [5.74, 6) is 0.663. The first kappa shape index (κ1) is 21.3. The molecular formula is C22H22ClNO4S. The van der Waals surface area contributed by atoms with E-state index in [0.29, 0.717) is 40.2 Å². The fourth-order valence-corrected chi connectivity index (χ4v) is 3.99. The van der Waals surface area contributed by atoms with Gasteiger partial charge in [-0.15, -0.1) is 0 Å². The van der Waals surface area contributed by atoms with Gasteiger partial charge in [-0.3, -0.25) is 14.5 Å². The van der Waals surface area contributed by atoms with Crippen LogP contribution in [0.5, 0.6) is 11.5 Å². The molecule has 0 saturated carbocycles. The highest BCUT2D eigenvalue weighted by Gasteiger charge is 2.35. The zero-order valence-corrected chi connectivity index (χ0v) is 18.1. The Labute approximate surface area is 179 Å². The van der Waals surface area contributed by atoms with E-state index in [1.54, 1.807) is 18.2 Å². The summed E-state index contributed by atoms with van der Waals surface area (Å²) in [5.41, 5.74) is 2.70. The SMILES string of the molecule is CCOc1cc(/C=C2\SC(=O)N(Cc3ccc(C)cc3)C2=O)cc(Cl)c1OCC. The van der Waals surface area contributed by atoms with Crippen LogP contribution in [0, 0.1) is 6.92 Å². The number of benzene rings is 2. The Morgan fingerprint density at radius 3 is 2.41 bits per heavy atom. The highest BCUT2D eigenvalue weighted by atomic mass is 35.5. The summed E-state index contributed by atoms with van der Waals surface area (Å²) in [6, 6.07) is 11.2. The van der Waals surface area contributed by atoms with Crippen molar-refractivity contribution in [1.82, 2.24) is 4.90 Å². The molecule has 2 aromatic rings. The molecule has 2 aromatic carbocycles. The summed E-state index contributed by atoms with van der Waals surface area (Å²) in [5, 5.41) is 0.104. The van der Waals surface area contributed by atoms with E-state index < -0.39 is 0 Å². The third kappa shape index (κ3) is 4.95. The molecule has 0 atom stereocenters. The van der Waals surface area contributed by atoms with Gasteiger partial charge in [0.2, 0.25) is 0 Å². The van der Waals surface area contributed by atoms with E-state index in [2.05, 4.69) is 0 Å². The third-order valence-corrected chi connectivity index (χ3v) is 5.44. The summed E-state index contributed by atoms with van der Waals surface area (Å²) in [4.78, 5) is 26.8. The molecule has 2 amide bonds. The second-order valence-electron chi connectivity index (χ2n) is 6.45. The molecule has 1 fully saturated rings. The van der Waals surface area contributed by atoms with Crippen LogP contribution in [-0.4, -0.2) is 29.3 Å². The van der Waals surface area contributed by atoms with Crippen molar-refractivity contribution in [3.8, 4) is 11.5 Å². The molecule has 1 aliphatic rings. The quantitative estimate of drug-likeness (QED) is 0.527. The molecule has 1 heterocycles. The lowest BCUT2D eigenvalue weighted by Gasteiger charge is -2.14. The van der Waals surface area contributed by atoms with Crippen molar-refractivity contribution in [3.63, 3.8) is 0 Å². The lowest BCUT2D eigenvalue weighted by Crippen LogP contribution is -2.27. The fraction of sp³-hybridized carbons (Fsp3) is 0.273. The van der Waals surface area contributed by atoms with Crippen LogP contribution >= 0.6 is 23.4 Å². The first-order chi connectivity index (χ1) is 13.9. The van der Waals surface area contributed by atoms with E-state index in [1.807, 2.05) is 45.0 Å². The van der Waals surface area contributed by atoms with Crippen molar-refractivity contribution >= 4 is 40.6 Å². The van der Waals surface area contributed by atoms with Gasteiger partial charge in [0.15, 0.2) is 11.5 Å². The minimum absolute atomic E-state index is 0.247. The van der Waals surface area contributed by atoms with Gasteiger partial charge in [-0.05, 0) is 61.9 Å². The van der Waals surface area contributed by atoms with Gasteiger partial charge in [0.05, 0.1) is 29.7 Å². The van der Waals surface area contributed by atoms with Gasteiger partial charge >= 0.3 is 0 Å². The number of nitrogens with zero attached hydrogens (tertiary/aromatic N) is 1. The molecule has 1 saturated heterocycles. The summed E-state index contributed by atoms with van der Waals surface area (Å²) < 4.78 is 11.2. The molecule has 1 aliphatic heterocycles. The fourth-order valence-electron chi connectivity index (χ4n) is 2.88. The molecule has 0 aromatic heterocycles. The minimum Gasteiger partial charge on any atom is -0.490 e. The number of amides is 2. The normalized spacial score (nSPS) is 15.3. The zero-order valence-electron chi connectivity index (χ0n) is 16.5. The standard InChI is InChI=1S/C22H22ClNO4S/c1-4-27-18-11-16(10-17(23)20(18)28-5-2)12-19-21(25)24(22(26)29-19)13-15-8-6-14(3)7-9-15/h6-12H,4-5,13H2,1-3H3/b19-12-. The van der Waals surface area contributed by atoms with Crippen molar-refractivity contribution in [1.29, 1.82) is 0 Å². The summed E-state index contributed by atoms with van der Waals surface area (Å²) in [6.07, 6.45) is 1.66. The van der Waals surface area contributed by atoms with Gasteiger partial charge in [-0.25, -0.2) is 0 Å². The van der Waals surface area contributed by atoms with Gasteiger partial charge in [-0.1, -0.05) is 41.4 Å². The number of imide groups is 1. The Balaban J connectivity index is 1.86. The van der Waals surface area contributed by atoms with E-state index in [1.165, 1.54) is 4.90 Å². The van der Waals surface area contributed by atoms with Gasteiger partial charge < -0.3 is 9.47 Å². The Morgan fingerprint density at radius 2 is 1.76 bits per heavy atom. The van der Waals surface area contributed by atoms with E-state index >= 15 is 0 Å². The molecule has 7 heteroatoms. The van der Waals surface area contributed by atoms with Crippen LogP contribution in [0.15, 0.2) is 41.3 Å². The lowest BCUT2D eigenvalue weighted by atomic mass is 10.1. The number of halogens is 1. The van der Waals surface area contributed by atoms with Crippen LogP contribution in [0.25, 0.3) is 6.08 Å². The molecule has 0 unspecified atom stereocenters. The van der Waals surface area contributed by atoms with Crippen LogP contribution in [0.4, 0.5) is 4.79 Å². The van der Waals surface area contributed by atoms with E-state index in [-0.39, 0.29) is 17.7 Å². The Bertz CT molecular complexity index is 956. The number of aryl methyl sites for hydroxylation is 1. The largest absolute Gasteiger partial charge is 0.490 e. The van der Waals surface area contributed by atoms with E-state index in [4.69, 9.17) is 21.1 Å². The van der Waals surface area contributed by atoms with E-state index in [9.17, 15) is 9.59 Å². The van der Waals surface area contributed by atoms with Gasteiger partial charge in [-0.2, -0.15) is 0 Å². The smallest absolute Gasteiger partial charge is 0.293 e. The molecule has 0 bridgehead atoms. The summed E-state index contributed by atoms with van der Waals surface area (Å²) >= 11 is 7.27. The van der Waals surface area contributed by atoms with Gasteiger partial charge in [0.1, 0.15) is 0 Å². The maximum Gasteiger partial charge on any atom is 0.293 e. The van der Waals surface area contributed by atoms with E-state index in [0.717, 1.165) is 22.9 Å². The number of hydrogen-bond acceptors (Lipinski definition) is 5. The van der Waals surface area contributed by atoms with Gasteiger partial charge in [0.25, 0.3) is 11.1 Å². The molecular weight excluding hydrogens is 410 g/mol. The zero-order chi connectivity index (χ0) is 21.0. The minimum atomic E-state index is -0.316. The Hall–Kier alpha value is -2.44. The number of carbonyl (C=O) groups excluding carboxylic acids is 2. The number of rotatable bonds is 7. The highest BCUT2D eigenvalue weighted by molar-refractivity contribution is 8.18. The first-order valence-corrected chi connectivity index (χ1v) is 10.5. The second kappa shape index (κ2) is 9.37. The van der Waals surface area contributed by atoms with Crippen LogP contribution in [-0.2, 0) is 11.3 Å².